The second-order valence-corrected chi connectivity index (χ2v) is 4.65. The summed E-state index contributed by atoms with van der Waals surface area (Å²) in [7, 11) is 1.78. The van der Waals surface area contributed by atoms with Crippen LogP contribution in [0, 0.1) is 3.57 Å². The highest BCUT2D eigenvalue weighted by Crippen LogP contribution is 2.09. The van der Waals surface area contributed by atoms with E-state index in [0.29, 0.717) is 11.4 Å². The van der Waals surface area contributed by atoms with Crippen molar-refractivity contribution in [1.29, 1.82) is 0 Å². The topological polar surface area (TPSA) is 47.8 Å². The molecule has 0 unspecified atom stereocenters. The van der Waals surface area contributed by atoms with Crippen molar-refractivity contribution in [2.75, 3.05) is 0 Å². The Morgan fingerprint density at radius 3 is 2.62 bits per heavy atom. The summed E-state index contributed by atoms with van der Waals surface area (Å²) in [5, 5.41) is 3.93. The van der Waals surface area contributed by atoms with Crippen molar-refractivity contribution in [3.63, 3.8) is 0 Å². The monoisotopic (exact) mass is 327 g/mol. The minimum atomic E-state index is 0.0625. The first-order chi connectivity index (χ1) is 7.66. The van der Waals surface area contributed by atoms with E-state index in [0.717, 1.165) is 3.57 Å². The normalized spacial score (nSPS) is 10.4. The molecule has 5 heteroatoms. The van der Waals surface area contributed by atoms with Gasteiger partial charge in [0.15, 0.2) is 5.78 Å². The van der Waals surface area contributed by atoms with Crippen LogP contribution in [-0.4, -0.2) is 20.5 Å². The van der Waals surface area contributed by atoms with Gasteiger partial charge in [0.2, 0.25) is 0 Å². The summed E-state index contributed by atoms with van der Waals surface area (Å²) >= 11 is 2.21. The number of halogens is 1. The Balaban J connectivity index is 2.15. The minimum absolute atomic E-state index is 0.0625. The Kier molecular flexibility index (Phi) is 3.33. The smallest absolute Gasteiger partial charge is 0.170 e. The standard InChI is InChI=1S/C11H10IN3O/c1-15-11(13-7-14-15)6-10(16)8-2-4-9(12)5-3-8/h2-5,7H,6H2,1H3. The molecule has 16 heavy (non-hydrogen) atoms. The molecule has 1 aromatic carbocycles. The van der Waals surface area contributed by atoms with Gasteiger partial charge in [0.05, 0.1) is 6.42 Å². The maximum Gasteiger partial charge on any atom is 0.170 e. The number of rotatable bonds is 3. The summed E-state index contributed by atoms with van der Waals surface area (Å²) in [6.07, 6.45) is 1.74. The van der Waals surface area contributed by atoms with Crippen molar-refractivity contribution in [3.8, 4) is 0 Å². The lowest BCUT2D eigenvalue weighted by molar-refractivity contribution is 0.0989. The highest BCUT2D eigenvalue weighted by Gasteiger charge is 2.10. The van der Waals surface area contributed by atoms with Crippen LogP contribution in [0.4, 0.5) is 0 Å². The molecule has 2 aromatic rings. The molecular weight excluding hydrogens is 317 g/mol. The first-order valence-electron chi connectivity index (χ1n) is 4.78. The van der Waals surface area contributed by atoms with Gasteiger partial charge in [0.1, 0.15) is 12.2 Å². The van der Waals surface area contributed by atoms with Gasteiger partial charge in [-0.2, -0.15) is 5.10 Å². The Labute approximate surface area is 107 Å². The Morgan fingerprint density at radius 2 is 2.06 bits per heavy atom. The lowest BCUT2D eigenvalue weighted by Gasteiger charge is -2.00. The van der Waals surface area contributed by atoms with Crippen molar-refractivity contribution < 1.29 is 4.79 Å². The third-order valence-electron chi connectivity index (χ3n) is 2.29. The number of carbonyl (C=O) groups is 1. The molecule has 0 saturated heterocycles. The molecule has 2 rings (SSSR count). The van der Waals surface area contributed by atoms with E-state index in [1.54, 1.807) is 11.7 Å². The number of Topliss-reactive ketones (excluding diaryl/α,β-unsaturated/α-hetero) is 1. The number of ketones is 1. The molecule has 0 radical (unpaired) electrons. The van der Waals surface area contributed by atoms with E-state index in [1.807, 2.05) is 24.3 Å². The molecule has 0 saturated carbocycles. The lowest BCUT2D eigenvalue weighted by Crippen LogP contribution is -2.09. The molecular formula is C11H10IN3O. The zero-order valence-corrected chi connectivity index (χ0v) is 10.9. The molecule has 0 atom stereocenters. The number of hydrogen-bond acceptors (Lipinski definition) is 3. The first-order valence-corrected chi connectivity index (χ1v) is 5.86. The molecule has 0 amide bonds. The van der Waals surface area contributed by atoms with Crippen LogP contribution >= 0.6 is 22.6 Å². The number of hydrogen-bond donors (Lipinski definition) is 0. The fourth-order valence-electron chi connectivity index (χ4n) is 1.36. The van der Waals surface area contributed by atoms with Crippen LogP contribution in [0.1, 0.15) is 16.2 Å². The summed E-state index contributed by atoms with van der Waals surface area (Å²) < 4.78 is 2.73. The van der Waals surface area contributed by atoms with Gasteiger partial charge in [-0.25, -0.2) is 4.98 Å². The molecule has 0 spiro atoms. The summed E-state index contributed by atoms with van der Waals surface area (Å²) in [5.74, 6) is 0.746. The third-order valence-corrected chi connectivity index (χ3v) is 3.01. The average Bonchev–Trinajstić information content (AvgIpc) is 2.65. The third kappa shape index (κ3) is 2.46. The van der Waals surface area contributed by atoms with Gasteiger partial charge in [-0.3, -0.25) is 9.48 Å². The Morgan fingerprint density at radius 1 is 1.38 bits per heavy atom. The number of nitrogens with zero attached hydrogens (tertiary/aromatic N) is 3. The Bertz CT molecular complexity index is 504. The number of aryl methyl sites for hydroxylation is 1. The van der Waals surface area contributed by atoms with Crippen LogP contribution < -0.4 is 0 Å². The maximum atomic E-state index is 11.9. The molecule has 0 aliphatic rings. The first kappa shape index (κ1) is 11.3. The molecule has 0 fully saturated rings. The van der Waals surface area contributed by atoms with Gasteiger partial charge in [-0.05, 0) is 34.7 Å². The summed E-state index contributed by atoms with van der Waals surface area (Å²) in [4.78, 5) is 15.9. The molecule has 0 aliphatic carbocycles. The van der Waals surface area contributed by atoms with Crippen molar-refractivity contribution in [2.45, 2.75) is 6.42 Å². The van der Waals surface area contributed by atoms with Crippen LogP contribution in [0.15, 0.2) is 30.6 Å². The van der Waals surface area contributed by atoms with Gasteiger partial charge < -0.3 is 0 Å². The second-order valence-electron chi connectivity index (χ2n) is 3.41. The van der Waals surface area contributed by atoms with Crippen LogP contribution in [0.3, 0.4) is 0 Å². The van der Waals surface area contributed by atoms with Crippen LogP contribution in [0.25, 0.3) is 0 Å². The zero-order valence-electron chi connectivity index (χ0n) is 8.72. The van der Waals surface area contributed by atoms with Gasteiger partial charge in [-0.1, -0.05) is 12.1 Å². The van der Waals surface area contributed by atoms with Crippen LogP contribution in [-0.2, 0) is 13.5 Å². The van der Waals surface area contributed by atoms with Crippen molar-refractivity contribution in [1.82, 2.24) is 14.8 Å². The second kappa shape index (κ2) is 4.73. The van der Waals surface area contributed by atoms with Gasteiger partial charge >= 0.3 is 0 Å². The predicted molar refractivity (Wildman–Crippen MR) is 68.2 cm³/mol. The molecule has 1 aromatic heterocycles. The summed E-state index contributed by atoms with van der Waals surface area (Å²) in [5.41, 5.74) is 0.711. The molecule has 82 valence electrons. The van der Waals surface area contributed by atoms with E-state index < -0.39 is 0 Å². The highest BCUT2D eigenvalue weighted by molar-refractivity contribution is 14.1. The molecule has 1 heterocycles. The van der Waals surface area contributed by atoms with E-state index in [4.69, 9.17) is 0 Å². The number of carbonyl (C=O) groups excluding carboxylic acids is 1. The van der Waals surface area contributed by atoms with Gasteiger partial charge in [0.25, 0.3) is 0 Å². The SMILES string of the molecule is Cn1ncnc1CC(=O)c1ccc(I)cc1. The van der Waals surface area contributed by atoms with Crippen molar-refractivity contribution >= 4 is 28.4 Å². The highest BCUT2D eigenvalue weighted by atomic mass is 127. The van der Waals surface area contributed by atoms with E-state index in [1.165, 1.54) is 6.33 Å². The van der Waals surface area contributed by atoms with Gasteiger partial charge in [-0.15, -0.1) is 0 Å². The van der Waals surface area contributed by atoms with Crippen molar-refractivity contribution in [3.05, 3.63) is 45.6 Å². The predicted octanol–water partition coefficient (Wildman–Crippen LogP) is 1.85. The fourth-order valence-corrected chi connectivity index (χ4v) is 1.72. The lowest BCUT2D eigenvalue weighted by atomic mass is 10.1. The fraction of sp³-hybridized carbons (Fsp3) is 0.182. The largest absolute Gasteiger partial charge is 0.294 e. The number of aromatic nitrogens is 3. The van der Waals surface area contributed by atoms with E-state index >= 15 is 0 Å². The maximum absolute atomic E-state index is 11.9. The Hall–Kier alpha value is -1.24. The van der Waals surface area contributed by atoms with Crippen molar-refractivity contribution in [2.24, 2.45) is 7.05 Å². The quantitative estimate of drug-likeness (QED) is 0.638. The summed E-state index contributed by atoms with van der Waals surface area (Å²) in [6.45, 7) is 0. The average molecular weight is 327 g/mol. The number of benzene rings is 1. The molecule has 0 N–H and O–H groups in total. The molecule has 0 bridgehead atoms. The van der Waals surface area contributed by atoms with E-state index in [9.17, 15) is 4.79 Å². The van der Waals surface area contributed by atoms with Gasteiger partial charge in [0, 0.05) is 16.2 Å². The molecule has 0 aliphatic heterocycles. The van der Waals surface area contributed by atoms with Crippen LogP contribution in [0.5, 0.6) is 0 Å². The van der Waals surface area contributed by atoms with E-state index in [-0.39, 0.29) is 12.2 Å². The summed E-state index contributed by atoms with van der Waals surface area (Å²) in [6, 6.07) is 7.51. The van der Waals surface area contributed by atoms with Crippen LogP contribution in [0.2, 0.25) is 0 Å². The molecule has 4 nitrogen and oxygen atoms in total. The van der Waals surface area contributed by atoms with E-state index in [2.05, 4.69) is 32.7 Å². The zero-order chi connectivity index (χ0) is 11.5. The minimum Gasteiger partial charge on any atom is -0.294 e.